The van der Waals surface area contributed by atoms with Crippen LogP contribution in [0.3, 0.4) is 0 Å². The van der Waals surface area contributed by atoms with Crippen molar-refractivity contribution in [1.29, 1.82) is 0 Å². The fourth-order valence-corrected chi connectivity index (χ4v) is 2.11. The van der Waals surface area contributed by atoms with Gasteiger partial charge in [0.15, 0.2) is 0 Å². The Morgan fingerprint density at radius 2 is 1.93 bits per heavy atom. The third-order valence-electron chi connectivity index (χ3n) is 2.22. The number of quaternary nitrogens is 1. The summed E-state index contributed by atoms with van der Waals surface area (Å²) in [7, 11) is -0.500. The highest BCUT2D eigenvalue weighted by atomic mass is 32.2. The number of likely N-dealkylation sites (N-methyl/N-ethyl adjacent to an activating group) is 1. The Morgan fingerprint density at radius 1 is 1.40 bits per heavy atom. The maximum atomic E-state index is 10.4. The first-order chi connectivity index (χ1) is 6.66. The van der Waals surface area contributed by atoms with Gasteiger partial charge < -0.3 is 14.1 Å². The van der Waals surface area contributed by atoms with Gasteiger partial charge in [0, 0.05) is 0 Å². The molecule has 6 heteroatoms. The molecule has 0 aromatic carbocycles. The molecule has 5 nitrogen and oxygen atoms in total. The van der Waals surface area contributed by atoms with Crippen molar-refractivity contribution < 1.29 is 22.6 Å². The van der Waals surface area contributed by atoms with Gasteiger partial charge in [-0.05, 0) is 6.42 Å². The summed E-state index contributed by atoms with van der Waals surface area (Å²) in [6, 6.07) is 0. The maximum absolute atomic E-state index is 10.4. The lowest BCUT2D eigenvalue weighted by Gasteiger charge is -2.32. The van der Waals surface area contributed by atoms with Gasteiger partial charge >= 0.3 is 0 Å². The highest BCUT2D eigenvalue weighted by molar-refractivity contribution is 7.85. The van der Waals surface area contributed by atoms with Crippen LogP contribution in [0, 0.1) is 0 Å². The largest absolute Gasteiger partial charge is 0.748 e. The van der Waals surface area contributed by atoms with Gasteiger partial charge in [-0.25, -0.2) is 8.42 Å². The number of aliphatic hydroxyl groups is 1. The number of hydrogen-bond donors (Lipinski definition) is 1. The molecule has 1 unspecified atom stereocenters. The molecule has 92 valence electrons. The minimum Gasteiger partial charge on any atom is -0.748 e. The second-order valence-electron chi connectivity index (χ2n) is 4.57. The SMILES string of the molecule is CCCC[N+](C)(C)CC(O)CS(=O)(=O)[O-]. The van der Waals surface area contributed by atoms with Crippen LogP contribution in [-0.4, -0.2) is 61.6 Å². The molecule has 0 fully saturated rings. The second kappa shape index (κ2) is 5.79. The van der Waals surface area contributed by atoms with E-state index >= 15 is 0 Å². The third kappa shape index (κ3) is 8.80. The van der Waals surface area contributed by atoms with Crippen LogP contribution in [0.15, 0.2) is 0 Å². The van der Waals surface area contributed by atoms with E-state index in [9.17, 15) is 18.1 Å². The van der Waals surface area contributed by atoms with Crippen molar-refractivity contribution in [3.05, 3.63) is 0 Å². The summed E-state index contributed by atoms with van der Waals surface area (Å²) >= 11 is 0. The minimum atomic E-state index is -4.33. The van der Waals surface area contributed by atoms with Gasteiger partial charge in [0.25, 0.3) is 0 Å². The second-order valence-corrected chi connectivity index (χ2v) is 6.02. The average molecular weight is 239 g/mol. The molecular weight excluding hydrogens is 218 g/mol. The van der Waals surface area contributed by atoms with Crippen LogP contribution in [0.5, 0.6) is 0 Å². The molecule has 0 bridgehead atoms. The Balaban J connectivity index is 4.09. The smallest absolute Gasteiger partial charge is 0.116 e. The fraction of sp³-hybridized carbons (Fsp3) is 1.00. The number of nitrogens with zero attached hydrogens (tertiary/aromatic N) is 1. The lowest BCUT2D eigenvalue weighted by Crippen LogP contribution is -2.47. The average Bonchev–Trinajstić information content (AvgIpc) is 1.95. The van der Waals surface area contributed by atoms with E-state index in [2.05, 4.69) is 6.92 Å². The van der Waals surface area contributed by atoms with Crippen molar-refractivity contribution in [2.75, 3.05) is 32.9 Å². The highest BCUT2D eigenvalue weighted by Crippen LogP contribution is 2.04. The first-order valence-corrected chi connectivity index (χ1v) is 6.67. The van der Waals surface area contributed by atoms with Crippen LogP contribution in [0.25, 0.3) is 0 Å². The predicted molar refractivity (Wildman–Crippen MR) is 57.3 cm³/mol. The molecule has 0 spiro atoms. The van der Waals surface area contributed by atoms with Crippen LogP contribution in [0.4, 0.5) is 0 Å². The van der Waals surface area contributed by atoms with Crippen molar-refractivity contribution in [2.45, 2.75) is 25.9 Å². The summed E-state index contributed by atoms with van der Waals surface area (Å²) in [6.45, 7) is 3.23. The molecule has 0 aliphatic carbocycles. The predicted octanol–water partition coefficient (Wildman–Crippen LogP) is -0.231. The third-order valence-corrected chi connectivity index (χ3v) is 3.01. The first kappa shape index (κ1) is 14.8. The maximum Gasteiger partial charge on any atom is 0.116 e. The molecule has 15 heavy (non-hydrogen) atoms. The van der Waals surface area contributed by atoms with Crippen LogP contribution >= 0.6 is 0 Å². The summed E-state index contributed by atoms with van der Waals surface area (Å²) in [6.07, 6.45) is 1.00. The molecule has 0 aliphatic rings. The Morgan fingerprint density at radius 3 is 2.33 bits per heavy atom. The van der Waals surface area contributed by atoms with Crippen molar-refractivity contribution in [3.63, 3.8) is 0 Å². The summed E-state index contributed by atoms with van der Waals surface area (Å²) in [5.74, 6) is -0.694. The van der Waals surface area contributed by atoms with E-state index in [1.165, 1.54) is 0 Å². The lowest BCUT2D eigenvalue weighted by molar-refractivity contribution is -0.893. The van der Waals surface area contributed by atoms with E-state index in [0.29, 0.717) is 11.0 Å². The van der Waals surface area contributed by atoms with E-state index in [1.54, 1.807) is 0 Å². The van der Waals surface area contributed by atoms with E-state index in [1.807, 2.05) is 14.1 Å². The van der Waals surface area contributed by atoms with Crippen LogP contribution < -0.4 is 0 Å². The van der Waals surface area contributed by atoms with Crippen molar-refractivity contribution in [2.24, 2.45) is 0 Å². The molecule has 0 rings (SSSR count). The van der Waals surface area contributed by atoms with E-state index < -0.39 is 22.0 Å². The molecule has 1 N–H and O–H groups in total. The normalized spacial score (nSPS) is 15.3. The standard InChI is InChI=1S/C9H21NO4S/c1-4-5-6-10(2,3)7-9(11)8-15(12,13)14/h9,11H,4-8H2,1-3H3. The Kier molecular flexibility index (Phi) is 5.72. The van der Waals surface area contributed by atoms with Gasteiger partial charge in [-0.1, -0.05) is 13.3 Å². The Hall–Kier alpha value is -0.170. The van der Waals surface area contributed by atoms with E-state index in [4.69, 9.17) is 0 Å². The van der Waals surface area contributed by atoms with Gasteiger partial charge in [-0.3, -0.25) is 0 Å². The quantitative estimate of drug-likeness (QED) is 0.492. The minimum absolute atomic E-state index is 0.293. The molecule has 0 saturated heterocycles. The van der Waals surface area contributed by atoms with E-state index in [-0.39, 0.29) is 0 Å². The molecular formula is C9H21NO4S. The zero-order valence-electron chi connectivity index (χ0n) is 9.64. The molecule has 0 aromatic heterocycles. The molecule has 0 aliphatic heterocycles. The number of rotatable bonds is 7. The molecule has 1 atom stereocenters. The van der Waals surface area contributed by atoms with Crippen molar-refractivity contribution in [1.82, 2.24) is 0 Å². The topological polar surface area (TPSA) is 77.4 Å². The number of unbranched alkanes of at least 4 members (excludes halogenated alkanes) is 1. The highest BCUT2D eigenvalue weighted by Gasteiger charge is 2.21. The number of aliphatic hydroxyl groups excluding tert-OH is 1. The Bertz CT molecular complexity index is 274. The van der Waals surface area contributed by atoms with Crippen LogP contribution in [-0.2, 0) is 10.1 Å². The number of hydrogen-bond acceptors (Lipinski definition) is 4. The summed E-state index contributed by atoms with van der Waals surface area (Å²) in [4.78, 5) is 0. The van der Waals surface area contributed by atoms with E-state index in [0.717, 1.165) is 19.4 Å². The van der Waals surface area contributed by atoms with Gasteiger partial charge in [-0.15, -0.1) is 0 Å². The molecule has 0 radical (unpaired) electrons. The molecule has 0 heterocycles. The first-order valence-electron chi connectivity index (χ1n) is 5.10. The zero-order chi connectivity index (χ0) is 12.1. The van der Waals surface area contributed by atoms with Crippen LogP contribution in [0.2, 0.25) is 0 Å². The van der Waals surface area contributed by atoms with Crippen molar-refractivity contribution >= 4 is 10.1 Å². The lowest BCUT2D eigenvalue weighted by atomic mass is 10.2. The molecule has 0 amide bonds. The monoisotopic (exact) mass is 239 g/mol. The summed E-state index contributed by atoms with van der Waals surface area (Å²) in [5.41, 5.74) is 0. The summed E-state index contributed by atoms with van der Waals surface area (Å²) in [5, 5.41) is 9.42. The Labute approximate surface area is 92.1 Å². The summed E-state index contributed by atoms with van der Waals surface area (Å²) < 4.78 is 31.8. The van der Waals surface area contributed by atoms with Gasteiger partial charge in [0.2, 0.25) is 0 Å². The van der Waals surface area contributed by atoms with Crippen molar-refractivity contribution in [3.8, 4) is 0 Å². The van der Waals surface area contributed by atoms with Gasteiger partial charge in [0.05, 0.1) is 36.5 Å². The van der Waals surface area contributed by atoms with Gasteiger partial charge in [0.1, 0.15) is 12.6 Å². The molecule has 0 aromatic rings. The fourth-order valence-electron chi connectivity index (χ4n) is 1.54. The van der Waals surface area contributed by atoms with Crippen LogP contribution in [0.1, 0.15) is 19.8 Å². The zero-order valence-corrected chi connectivity index (χ0v) is 10.5. The van der Waals surface area contributed by atoms with Gasteiger partial charge in [-0.2, -0.15) is 0 Å². The molecule has 0 saturated carbocycles.